The second kappa shape index (κ2) is 3.89. The van der Waals surface area contributed by atoms with Crippen LogP contribution in [0.15, 0.2) is 0 Å². The Balaban J connectivity index is 1.75. The summed E-state index contributed by atoms with van der Waals surface area (Å²) in [4.78, 5) is 0. The number of rotatable bonds is 1. The summed E-state index contributed by atoms with van der Waals surface area (Å²) in [5.41, 5.74) is 1.19. The van der Waals surface area contributed by atoms with Gasteiger partial charge in [-0.05, 0) is 91.8 Å². The van der Waals surface area contributed by atoms with Gasteiger partial charge in [-0.15, -0.1) is 0 Å². The molecule has 1 N–H and O–H groups in total. The molecule has 1 heteroatoms. The Morgan fingerprint density at radius 3 is 2.24 bits per heavy atom. The van der Waals surface area contributed by atoms with Crippen molar-refractivity contribution in [1.29, 1.82) is 0 Å². The predicted molar refractivity (Wildman–Crippen MR) is 86.9 cm³/mol. The maximum absolute atomic E-state index is 10.9. The Hall–Kier alpha value is -0.0400. The van der Waals surface area contributed by atoms with Gasteiger partial charge in [0.15, 0.2) is 0 Å². The smallest absolute Gasteiger partial charge is 0.0653 e. The molecule has 4 saturated carbocycles. The fourth-order valence-corrected chi connectivity index (χ4v) is 7.93. The van der Waals surface area contributed by atoms with Crippen LogP contribution in [0.1, 0.15) is 79.6 Å². The van der Waals surface area contributed by atoms with Crippen LogP contribution in [0.2, 0.25) is 0 Å². The number of hydrogen-bond donors (Lipinski definition) is 1. The molecular weight excluding hydrogens is 256 g/mol. The molecule has 0 aromatic heterocycles. The van der Waals surface area contributed by atoms with E-state index in [1.54, 1.807) is 0 Å². The fourth-order valence-electron chi connectivity index (χ4n) is 7.93. The van der Waals surface area contributed by atoms with Gasteiger partial charge >= 0.3 is 0 Å². The van der Waals surface area contributed by atoms with E-state index in [2.05, 4.69) is 34.6 Å². The molecule has 21 heavy (non-hydrogen) atoms. The third-order valence-electron chi connectivity index (χ3n) is 9.11. The summed E-state index contributed by atoms with van der Waals surface area (Å²) in [6.07, 6.45) is 9.33. The summed E-state index contributed by atoms with van der Waals surface area (Å²) in [6, 6.07) is 0. The molecule has 0 saturated heterocycles. The largest absolute Gasteiger partial charge is 0.390 e. The van der Waals surface area contributed by atoms with Crippen molar-refractivity contribution in [3.05, 3.63) is 0 Å². The minimum Gasteiger partial charge on any atom is -0.390 e. The van der Waals surface area contributed by atoms with Crippen LogP contribution < -0.4 is 0 Å². The van der Waals surface area contributed by atoms with Crippen molar-refractivity contribution < 1.29 is 5.11 Å². The third-order valence-corrected chi connectivity index (χ3v) is 9.11. The van der Waals surface area contributed by atoms with Gasteiger partial charge in [-0.3, -0.25) is 0 Å². The summed E-state index contributed by atoms with van der Waals surface area (Å²) in [5, 5.41) is 10.9. The molecule has 0 heterocycles. The van der Waals surface area contributed by atoms with Crippen LogP contribution in [0.5, 0.6) is 0 Å². The molecule has 0 aromatic carbocycles. The summed E-state index contributed by atoms with van der Waals surface area (Å²) in [6.45, 7) is 12.2. The van der Waals surface area contributed by atoms with Gasteiger partial charge in [0.25, 0.3) is 0 Å². The van der Waals surface area contributed by atoms with Gasteiger partial charge in [-0.2, -0.15) is 0 Å². The molecule has 4 aliphatic carbocycles. The van der Waals surface area contributed by atoms with E-state index in [4.69, 9.17) is 0 Å². The SMILES string of the molecule is CC(C)[C@H]1CC[C@H]2C34C[C@H]3[C@](C)(O)CC[C@]4(C)CC[C@]12C. The molecule has 4 rings (SSSR count). The van der Waals surface area contributed by atoms with Gasteiger partial charge in [0.05, 0.1) is 5.60 Å². The van der Waals surface area contributed by atoms with Crippen LogP contribution >= 0.6 is 0 Å². The maximum Gasteiger partial charge on any atom is 0.0653 e. The van der Waals surface area contributed by atoms with Gasteiger partial charge < -0.3 is 5.11 Å². The molecule has 0 amide bonds. The van der Waals surface area contributed by atoms with Gasteiger partial charge in [0.2, 0.25) is 0 Å². The molecule has 1 unspecified atom stereocenters. The molecule has 1 spiro atoms. The Morgan fingerprint density at radius 1 is 0.905 bits per heavy atom. The fraction of sp³-hybridized carbons (Fsp3) is 1.00. The van der Waals surface area contributed by atoms with Crippen LogP contribution in [-0.4, -0.2) is 10.7 Å². The van der Waals surface area contributed by atoms with Crippen LogP contribution in [-0.2, 0) is 0 Å². The molecular formula is C20H34O. The van der Waals surface area contributed by atoms with Crippen LogP contribution in [0, 0.1) is 39.9 Å². The molecule has 0 bridgehead atoms. The number of hydrogen-bond acceptors (Lipinski definition) is 1. The van der Waals surface area contributed by atoms with Gasteiger partial charge in [-0.25, -0.2) is 0 Å². The topological polar surface area (TPSA) is 20.2 Å². The van der Waals surface area contributed by atoms with Crippen molar-refractivity contribution in [2.75, 3.05) is 0 Å². The lowest BCUT2D eigenvalue weighted by Crippen LogP contribution is -2.54. The Morgan fingerprint density at radius 2 is 1.57 bits per heavy atom. The molecule has 1 nitrogen and oxygen atoms in total. The van der Waals surface area contributed by atoms with E-state index < -0.39 is 0 Å². The first-order valence-electron chi connectivity index (χ1n) is 9.40. The van der Waals surface area contributed by atoms with Crippen molar-refractivity contribution in [2.24, 2.45) is 39.9 Å². The van der Waals surface area contributed by atoms with Crippen molar-refractivity contribution in [3.8, 4) is 0 Å². The molecule has 120 valence electrons. The van der Waals surface area contributed by atoms with E-state index in [1.165, 1.54) is 38.5 Å². The van der Waals surface area contributed by atoms with Gasteiger partial charge in [0.1, 0.15) is 0 Å². The molecule has 4 fully saturated rings. The van der Waals surface area contributed by atoms with E-state index in [9.17, 15) is 5.11 Å². The van der Waals surface area contributed by atoms with E-state index in [1.807, 2.05) is 0 Å². The van der Waals surface area contributed by atoms with Crippen molar-refractivity contribution in [3.63, 3.8) is 0 Å². The summed E-state index contributed by atoms with van der Waals surface area (Å²) in [7, 11) is 0. The monoisotopic (exact) mass is 290 g/mol. The highest BCUT2D eigenvalue weighted by Gasteiger charge is 2.78. The first-order chi connectivity index (χ1) is 9.67. The quantitative estimate of drug-likeness (QED) is 0.718. The predicted octanol–water partition coefficient (Wildman–Crippen LogP) is 5.03. The van der Waals surface area contributed by atoms with Crippen molar-refractivity contribution in [1.82, 2.24) is 0 Å². The second-order valence-corrected chi connectivity index (χ2v) is 10.2. The van der Waals surface area contributed by atoms with Crippen molar-refractivity contribution in [2.45, 2.75) is 85.2 Å². The van der Waals surface area contributed by atoms with Gasteiger partial charge in [-0.1, -0.05) is 27.7 Å². The Bertz CT molecular complexity index is 466. The Kier molecular flexibility index (Phi) is 2.69. The van der Waals surface area contributed by atoms with Gasteiger partial charge in [0, 0.05) is 0 Å². The summed E-state index contributed by atoms with van der Waals surface area (Å²) < 4.78 is 0. The van der Waals surface area contributed by atoms with E-state index >= 15 is 0 Å². The zero-order chi connectivity index (χ0) is 15.3. The average molecular weight is 290 g/mol. The standard InChI is InChI=1S/C20H34O/c1-13(2)14-6-7-15-18(14,4)10-8-17(3)9-11-19(5,21)16-12-20(15,16)17/h13-16,21H,6-12H2,1-5H3/t14-,15-,16+,17+,18-,19-,20?/m1/s1. The average Bonchev–Trinajstić information content (AvgIpc) is 3.06. The molecule has 0 aromatic rings. The minimum absolute atomic E-state index is 0.381. The van der Waals surface area contributed by atoms with E-state index in [-0.39, 0.29) is 5.60 Å². The normalized spacial score (nSPS) is 62.1. The van der Waals surface area contributed by atoms with E-state index in [0.717, 1.165) is 24.2 Å². The third kappa shape index (κ3) is 1.53. The second-order valence-electron chi connectivity index (χ2n) is 10.2. The lowest BCUT2D eigenvalue weighted by Gasteiger charge is -2.59. The molecule has 7 atom stereocenters. The molecule has 4 aliphatic rings. The molecule has 0 radical (unpaired) electrons. The first-order valence-corrected chi connectivity index (χ1v) is 9.40. The highest BCUT2D eigenvalue weighted by molar-refractivity contribution is 5.27. The molecule has 0 aliphatic heterocycles. The van der Waals surface area contributed by atoms with Crippen LogP contribution in [0.4, 0.5) is 0 Å². The highest BCUT2D eigenvalue weighted by atomic mass is 16.3. The van der Waals surface area contributed by atoms with Crippen LogP contribution in [0.3, 0.4) is 0 Å². The first kappa shape index (κ1) is 14.5. The minimum atomic E-state index is -0.381. The number of aliphatic hydroxyl groups is 1. The lowest BCUT2D eigenvalue weighted by atomic mass is 9.46. The summed E-state index contributed by atoms with van der Waals surface area (Å²) >= 11 is 0. The van der Waals surface area contributed by atoms with Crippen LogP contribution in [0.25, 0.3) is 0 Å². The summed E-state index contributed by atoms with van der Waals surface area (Å²) in [5.74, 6) is 3.21. The maximum atomic E-state index is 10.9. The Labute approximate surface area is 130 Å². The van der Waals surface area contributed by atoms with Crippen molar-refractivity contribution >= 4 is 0 Å². The van der Waals surface area contributed by atoms with E-state index in [0.29, 0.717) is 22.2 Å². The highest BCUT2D eigenvalue weighted by Crippen LogP contribution is 2.83. The number of fused-ring (bicyclic) bond motifs is 1. The lowest BCUT2D eigenvalue weighted by molar-refractivity contribution is -0.135. The zero-order valence-corrected chi connectivity index (χ0v) is 14.7. The zero-order valence-electron chi connectivity index (χ0n) is 14.7.